The van der Waals surface area contributed by atoms with Crippen molar-refractivity contribution in [2.75, 3.05) is 0 Å². The van der Waals surface area contributed by atoms with Crippen LogP contribution in [0.2, 0.25) is 0 Å². The highest BCUT2D eigenvalue weighted by Gasteiger charge is 2.33. The van der Waals surface area contributed by atoms with Gasteiger partial charge >= 0.3 is 0 Å². The van der Waals surface area contributed by atoms with Gasteiger partial charge in [-0.05, 0) is 92.7 Å². The molecule has 0 N–H and O–H groups in total. The molecule has 0 fully saturated rings. The van der Waals surface area contributed by atoms with Gasteiger partial charge in [-0.2, -0.15) is 0 Å². The molecule has 0 radical (unpaired) electrons. The highest BCUT2D eigenvalue weighted by atomic mass is 16.3. The first-order chi connectivity index (χ1) is 37.8. The second kappa shape index (κ2) is 19.4. The third-order valence-electron chi connectivity index (χ3n) is 23.5. The summed E-state index contributed by atoms with van der Waals surface area (Å²) in [6.07, 6.45) is 0. The second-order valence-electron chi connectivity index (χ2n) is 26.3. The molecule has 0 bridgehead atoms. The van der Waals surface area contributed by atoms with E-state index in [-0.39, 0.29) is 0 Å². The fourth-order valence-electron chi connectivity index (χ4n) is 16.5. The summed E-state index contributed by atoms with van der Waals surface area (Å²) in [5, 5.41) is 16.6. The first-order valence-electron chi connectivity index (χ1n) is 30.2. The molecular formula is C50H60B30O. The van der Waals surface area contributed by atoms with Gasteiger partial charge in [-0.15, -0.1) is 54.6 Å². The Morgan fingerprint density at radius 1 is 0.111 bits per heavy atom. The maximum atomic E-state index is 7.34. The minimum absolute atomic E-state index is 1.02. The minimum Gasteiger partial charge on any atom is -0.457 e. The molecule has 81 heavy (non-hydrogen) atoms. The minimum atomic E-state index is 1.02. The van der Waals surface area contributed by atoms with Crippen molar-refractivity contribution in [3.8, 4) is 33.4 Å². The van der Waals surface area contributed by atoms with Crippen molar-refractivity contribution < 1.29 is 4.42 Å². The summed E-state index contributed by atoms with van der Waals surface area (Å²) in [4.78, 5) is 0. The van der Waals surface area contributed by atoms with Crippen molar-refractivity contribution >= 4 is 475 Å². The fraction of sp³-hybridized carbons (Fsp3) is 0. The summed E-state index contributed by atoms with van der Waals surface area (Å²) in [6.45, 7) is 0. The van der Waals surface area contributed by atoms with Crippen LogP contribution >= 0.6 is 0 Å². The number of hydrogen-bond donors (Lipinski definition) is 0. The van der Waals surface area contributed by atoms with Crippen molar-refractivity contribution in [2.24, 2.45) is 0 Å². The van der Waals surface area contributed by atoms with Crippen molar-refractivity contribution in [3.63, 3.8) is 0 Å². The average Bonchev–Trinajstić information content (AvgIpc) is 2.15. The molecule has 0 unspecified atom stereocenters. The van der Waals surface area contributed by atoms with E-state index in [2.05, 4.69) is 235 Å². The average molecular weight is 1000 g/mol. The smallest absolute Gasteiger partial charge is 0.145 e. The zero-order valence-electron chi connectivity index (χ0n) is 55.4. The molecule has 11 aromatic rings. The van der Waals surface area contributed by atoms with Gasteiger partial charge in [-0.25, -0.2) is 0 Å². The molecule has 0 aliphatic heterocycles. The number of furan rings is 1. The van der Waals surface area contributed by atoms with E-state index < -0.39 is 0 Å². The molecule has 1 heterocycles. The quantitative estimate of drug-likeness (QED) is 0.0977. The Kier molecular flexibility index (Phi) is 13.9. The third kappa shape index (κ3) is 7.30. The highest BCUT2D eigenvalue weighted by molar-refractivity contribution is 6.79. The molecule has 0 spiro atoms. The van der Waals surface area contributed by atoms with Crippen LogP contribution in [0.25, 0.3) is 109 Å². The van der Waals surface area contributed by atoms with Crippen molar-refractivity contribution in [1.29, 1.82) is 0 Å². The van der Waals surface area contributed by atoms with Crippen LogP contribution in [0.5, 0.6) is 0 Å². The van der Waals surface area contributed by atoms with Gasteiger partial charge in [0.2, 0.25) is 0 Å². The van der Waals surface area contributed by atoms with E-state index in [1.165, 1.54) is 262 Å². The predicted octanol–water partition coefficient (Wildman–Crippen LogP) is -37.9. The van der Waals surface area contributed by atoms with E-state index in [0.29, 0.717) is 0 Å². The number of benzene rings is 10. The molecule has 1 nitrogen and oxygen atoms in total. The van der Waals surface area contributed by atoms with Gasteiger partial charge in [-0.1, -0.05) is 104 Å². The standard InChI is InChI=1S/C50H60B30O/c51-19-3(8-9(26(58)42(74)41(73)25(8)57)10-14(19)33(65)44(76)43(75)27(10)59)1-4-6(23(55)39(71)37(69)21(4)53)2(7-5(1)22(54)38(70)40(72)24(7)56)13-29(61)31(63)15(32(64)30(13)62)11-12-18-20(52)16-17(35(67)46(78)45(77)34(16)66)36(68)50(18)81-49(12)48(80)47(79)28(11)60/h51-80H2. The van der Waals surface area contributed by atoms with Gasteiger partial charge in [-0.3, -0.25) is 0 Å². The maximum Gasteiger partial charge on any atom is 0.145 e. The predicted molar refractivity (Wildman–Crippen MR) is 463 cm³/mol. The highest BCUT2D eigenvalue weighted by Crippen LogP contribution is 2.42. The van der Waals surface area contributed by atoms with E-state index in [1.54, 1.807) is 0 Å². The van der Waals surface area contributed by atoms with Crippen LogP contribution in [0.3, 0.4) is 0 Å². The Morgan fingerprint density at radius 3 is 0.679 bits per heavy atom. The molecule has 1 aromatic heterocycles. The zero-order valence-corrected chi connectivity index (χ0v) is 55.4. The SMILES string of the molecule is Bc1c(B)c(-c2c(B)c(B)c(B)c3oc4c(B)c5c(B)c(B)c(B)c(B)c5c(B)c4c23)c(B)c(B)c1-c1c2c(B)c(B)c(B)c(B)c2c(-c2c(B)c3c(B)c(B)c(B)c(B)c3c3c(B)c(B)c(B)c(B)c23)c2c(B)c(B)c(B)c(B)c12. The van der Waals surface area contributed by atoms with E-state index in [0.717, 1.165) is 11.2 Å². The Bertz CT molecular complexity index is 4820. The van der Waals surface area contributed by atoms with E-state index in [1.807, 2.05) is 0 Å². The first kappa shape index (κ1) is 58.0. The molecule has 31 heteroatoms. The van der Waals surface area contributed by atoms with E-state index in [4.69, 9.17) is 4.42 Å². The van der Waals surface area contributed by atoms with E-state index >= 15 is 0 Å². The summed E-state index contributed by atoms with van der Waals surface area (Å²) in [5.41, 5.74) is 51.4. The van der Waals surface area contributed by atoms with Gasteiger partial charge in [0.1, 0.15) is 247 Å². The second-order valence-corrected chi connectivity index (χ2v) is 26.3. The molecule has 0 saturated heterocycles. The molecule has 0 saturated carbocycles. The molecular weight excluding hydrogens is 941 g/mol. The van der Waals surface area contributed by atoms with Gasteiger partial charge in [0.25, 0.3) is 0 Å². The summed E-state index contributed by atoms with van der Waals surface area (Å²) >= 11 is 0. The monoisotopic (exact) mass is 1010 g/mol. The zero-order chi connectivity index (χ0) is 59.6. The van der Waals surface area contributed by atoms with Gasteiger partial charge in [0.05, 0.1) is 0 Å². The largest absolute Gasteiger partial charge is 0.457 e. The maximum absolute atomic E-state index is 7.34. The van der Waals surface area contributed by atoms with Gasteiger partial charge in [0.15, 0.2) is 0 Å². The fourth-order valence-corrected chi connectivity index (χ4v) is 16.5. The molecule has 0 aliphatic carbocycles. The van der Waals surface area contributed by atoms with Crippen molar-refractivity contribution in [1.82, 2.24) is 0 Å². The van der Waals surface area contributed by atoms with Crippen LogP contribution in [0.15, 0.2) is 4.42 Å². The molecule has 356 valence electrons. The molecule has 0 atom stereocenters. The lowest BCUT2D eigenvalue weighted by Gasteiger charge is -2.33. The molecule has 0 aliphatic rings. The van der Waals surface area contributed by atoms with Crippen LogP contribution < -0.4 is 164 Å². The van der Waals surface area contributed by atoms with Crippen LogP contribution in [0.4, 0.5) is 0 Å². The molecule has 11 rings (SSSR count). The Labute approximate surface area is 509 Å². The number of fused-ring (bicyclic) bond motifs is 9. The summed E-state index contributed by atoms with van der Waals surface area (Å²) in [7, 11) is 71.5. The van der Waals surface area contributed by atoms with Gasteiger partial charge in [0, 0.05) is 10.8 Å². The summed E-state index contributed by atoms with van der Waals surface area (Å²) in [5.74, 6) is 0. The van der Waals surface area contributed by atoms with Crippen LogP contribution in [0, 0.1) is 0 Å². The molecule has 0 amide bonds. The van der Waals surface area contributed by atoms with E-state index in [9.17, 15) is 0 Å². The van der Waals surface area contributed by atoms with Crippen LogP contribution in [0.1, 0.15) is 0 Å². The Balaban J connectivity index is 1.39. The lowest BCUT2D eigenvalue weighted by Crippen LogP contribution is -2.52. The summed E-state index contributed by atoms with van der Waals surface area (Å²) in [6, 6.07) is 0. The molecule has 10 aromatic carbocycles. The van der Waals surface area contributed by atoms with Crippen molar-refractivity contribution in [2.45, 2.75) is 0 Å². The van der Waals surface area contributed by atoms with Crippen LogP contribution in [-0.2, 0) is 0 Å². The third-order valence-corrected chi connectivity index (χ3v) is 23.5. The Hall–Kier alpha value is -4.75. The van der Waals surface area contributed by atoms with Crippen LogP contribution in [-0.4, -0.2) is 235 Å². The lowest BCUT2D eigenvalue weighted by atomic mass is 9.55. The Morgan fingerprint density at radius 2 is 0.321 bits per heavy atom. The lowest BCUT2D eigenvalue weighted by molar-refractivity contribution is 0.675. The normalized spacial score (nSPS) is 12.0. The van der Waals surface area contributed by atoms with Crippen molar-refractivity contribution in [3.05, 3.63) is 0 Å². The number of hydrogen-bond acceptors (Lipinski definition) is 1. The first-order valence-corrected chi connectivity index (χ1v) is 30.2. The summed E-state index contributed by atoms with van der Waals surface area (Å²) < 4.78 is 7.34. The topological polar surface area (TPSA) is 13.1 Å². The number of rotatable bonds is 3. The van der Waals surface area contributed by atoms with Gasteiger partial charge < -0.3 is 4.42 Å².